The number of esters is 1. The van der Waals surface area contributed by atoms with E-state index in [0.29, 0.717) is 17.9 Å². The van der Waals surface area contributed by atoms with Gasteiger partial charge in [0, 0.05) is 20.0 Å². The lowest BCUT2D eigenvalue weighted by molar-refractivity contribution is -0.140. The average molecular weight is 267 g/mol. The molecule has 0 aliphatic carbocycles. The second-order valence-electron chi connectivity index (χ2n) is 4.11. The van der Waals surface area contributed by atoms with Gasteiger partial charge in [0.1, 0.15) is 0 Å². The highest BCUT2D eigenvalue weighted by atomic mass is 16.5. The van der Waals surface area contributed by atoms with Gasteiger partial charge < -0.3 is 19.1 Å². The molecular formula is C14H21NO4. The molecule has 5 nitrogen and oxygen atoms in total. The summed E-state index contributed by atoms with van der Waals surface area (Å²) in [7, 11) is 6.58. The minimum Gasteiger partial charge on any atom is -0.493 e. The van der Waals surface area contributed by atoms with Gasteiger partial charge in [-0.2, -0.15) is 0 Å². The van der Waals surface area contributed by atoms with Gasteiger partial charge in [-0.05, 0) is 18.6 Å². The van der Waals surface area contributed by atoms with Crippen molar-refractivity contribution in [2.24, 2.45) is 0 Å². The topological polar surface area (TPSA) is 48.0 Å². The van der Waals surface area contributed by atoms with Crippen LogP contribution in [0.1, 0.15) is 12.8 Å². The van der Waals surface area contributed by atoms with Gasteiger partial charge in [0.2, 0.25) is 0 Å². The molecule has 5 heteroatoms. The monoisotopic (exact) mass is 267 g/mol. The average Bonchev–Trinajstić information content (AvgIpc) is 2.45. The number of methoxy groups -OCH3 is 3. The maximum atomic E-state index is 11.1. The Kier molecular flexibility index (Phi) is 5.99. The van der Waals surface area contributed by atoms with Crippen LogP contribution in [0, 0.1) is 0 Å². The molecule has 0 N–H and O–H groups in total. The van der Waals surface area contributed by atoms with Gasteiger partial charge in [0.25, 0.3) is 0 Å². The summed E-state index contributed by atoms with van der Waals surface area (Å²) in [5.74, 6) is 1.20. The molecule has 0 atom stereocenters. The Morgan fingerprint density at radius 2 is 1.95 bits per heavy atom. The van der Waals surface area contributed by atoms with Crippen LogP contribution in [0.2, 0.25) is 0 Å². The fourth-order valence-electron chi connectivity index (χ4n) is 1.85. The molecule has 0 fully saturated rings. The van der Waals surface area contributed by atoms with Gasteiger partial charge in [0.05, 0.1) is 27.0 Å². The van der Waals surface area contributed by atoms with Gasteiger partial charge in [-0.3, -0.25) is 4.79 Å². The van der Waals surface area contributed by atoms with Crippen LogP contribution in [0.25, 0.3) is 0 Å². The fraction of sp³-hybridized carbons (Fsp3) is 0.500. The lowest BCUT2D eigenvalue weighted by Gasteiger charge is -2.22. The predicted octanol–water partition coefficient (Wildman–Crippen LogP) is 2.09. The van der Waals surface area contributed by atoms with Crippen LogP contribution < -0.4 is 14.4 Å². The molecule has 0 radical (unpaired) electrons. The number of nitrogens with zero attached hydrogens (tertiary/aromatic N) is 1. The summed E-state index contributed by atoms with van der Waals surface area (Å²) in [5, 5.41) is 0. The molecular weight excluding hydrogens is 246 g/mol. The Hall–Kier alpha value is -1.91. The van der Waals surface area contributed by atoms with Crippen molar-refractivity contribution in [3.05, 3.63) is 18.2 Å². The normalized spacial score (nSPS) is 9.89. The van der Waals surface area contributed by atoms with E-state index in [4.69, 9.17) is 9.47 Å². The summed E-state index contributed by atoms with van der Waals surface area (Å²) in [6.45, 7) is 0.735. The number of para-hydroxylation sites is 1. The third-order valence-corrected chi connectivity index (χ3v) is 2.90. The lowest BCUT2D eigenvalue weighted by atomic mass is 10.2. The summed E-state index contributed by atoms with van der Waals surface area (Å²) in [6.07, 6.45) is 1.14. The molecule has 0 aliphatic heterocycles. The zero-order chi connectivity index (χ0) is 14.3. The molecule has 106 valence electrons. The van der Waals surface area contributed by atoms with Crippen molar-refractivity contribution in [3.63, 3.8) is 0 Å². The minimum atomic E-state index is -0.189. The van der Waals surface area contributed by atoms with Crippen LogP contribution in [0.4, 0.5) is 5.69 Å². The first-order valence-electron chi connectivity index (χ1n) is 6.13. The van der Waals surface area contributed by atoms with Crippen molar-refractivity contribution in [1.82, 2.24) is 0 Å². The number of hydrogen-bond acceptors (Lipinski definition) is 5. The highest BCUT2D eigenvalue weighted by Crippen LogP contribution is 2.36. The first kappa shape index (κ1) is 15.1. The van der Waals surface area contributed by atoms with Crippen LogP contribution in [0.5, 0.6) is 11.5 Å². The molecule has 19 heavy (non-hydrogen) atoms. The molecule has 1 aromatic carbocycles. The highest BCUT2D eigenvalue weighted by Gasteiger charge is 2.13. The quantitative estimate of drug-likeness (QED) is 0.708. The van der Waals surface area contributed by atoms with Gasteiger partial charge in [-0.25, -0.2) is 0 Å². The van der Waals surface area contributed by atoms with Crippen molar-refractivity contribution in [2.45, 2.75) is 12.8 Å². The van der Waals surface area contributed by atoms with E-state index in [1.165, 1.54) is 7.11 Å². The van der Waals surface area contributed by atoms with Crippen molar-refractivity contribution in [3.8, 4) is 11.5 Å². The second-order valence-corrected chi connectivity index (χ2v) is 4.11. The van der Waals surface area contributed by atoms with Crippen molar-refractivity contribution < 1.29 is 19.0 Å². The largest absolute Gasteiger partial charge is 0.493 e. The van der Waals surface area contributed by atoms with E-state index < -0.39 is 0 Å². The highest BCUT2D eigenvalue weighted by molar-refractivity contribution is 5.69. The smallest absolute Gasteiger partial charge is 0.305 e. The number of carbonyl (C=O) groups excluding carboxylic acids is 1. The van der Waals surface area contributed by atoms with Crippen LogP contribution in [-0.2, 0) is 9.53 Å². The van der Waals surface area contributed by atoms with Crippen LogP contribution in [-0.4, -0.2) is 40.9 Å². The predicted molar refractivity (Wildman–Crippen MR) is 74.1 cm³/mol. The molecule has 0 saturated heterocycles. The van der Waals surface area contributed by atoms with Gasteiger partial charge in [-0.15, -0.1) is 0 Å². The van der Waals surface area contributed by atoms with Gasteiger partial charge >= 0.3 is 5.97 Å². The molecule has 0 bridgehead atoms. The van der Waals surface area contributed by atoms with Crippen LogP contribution in [0.3, 0.4) is 0 Å². The van der Waals surface area contributed by atoms with E-state index in [1.807, 2.05) is 30.1 Å². The van der Waals surface area contributed by atoms with Crippen molar-refractivity contribution in [1.29, 1.82) is 0 Å². The summed E-state index contributed by atoms with van der Waals surface area (Å²) >= 11 is 0. The number of rotatable bonds is 7. The molecule has 0 amide bonds. The summed E-state index contributed by atoms with van der Waals surface area (Å²) in [4.78, 5) is 13.1. The lowest BCUT2D eigenvalue weighted by Crippen LogP contribution is -2.20. The standard InChI is InChI=1S/C14H21NO4/c1-15(10-6-9-13(16)18-3)11-7-5-8-12(17-2)14(11)19-4/h5,7-8H,6,9-10H2,1-4H3. The number of anilines is 1. The molecule has 1 rings (SSSR count). The van der Waals surface area contributed by atoms with Crippen LogP contribution >= 0.6 is 0 Å². The molecule has 0 spiro atoms. The Balaban J connectivity index is 2.71. The maximum Gasteiger partial charge on any atom is 0.305 e. The third-order valence-electron chi connectivity index (χ3n) is 2.90. The minimum absolute atomic E-state index is 0.189. The Morgan fingerprint density at radius 1 is 1.21 bits per heavy atom. The van der Waals surface area contributed by atoms with E-state index in [9.17, 15) is 4.79 Å². The van der Waals surface area contributed by atoms with E-state index >= 15 is 0 Å². The zero-order valence-corrected chi connectivity index (χ0v) is 11.9. The SMILES string of the molecule is COC(=O)CCCN(C)c1cccc(OC)c1OC. The van der Waals surface area contributed by atoms with E-state index in [1.54, 1.807) is 14.2 Å². The van der Waals surface area contributed by atoms with Crippen LogP contribution in [0.15, 0.2) is 18.2 Å². The maximum absolute atomic E-state index is 11.1. The molecule has 0 unspecified atom stereocenters. The van der Waals surface area contributed by atoms with E-state index in [0.717, 1.165) is 18.7 Å². The first-order valence-corrected chi connectivity index (χ1v) is 6.13. The fourth-order valence-corrected chi connectivity index (χ4v) is 1.85. The Bertz CT molecular complexity index is 420. The Morgan fingerprint density at radius 3 is 2.53 bits per heavy atom. The summed E-state index contributed by atoms with van der Waals surface area (Å²) < 4.78 is 15.3. The Labute approximate surface area is 114 Å². The van der Waals surface area contributed by atoms with E-state index in [-0.39, 0.29) is 5.97 Å². The first-order chi connectivity index (χ1) is 9.13. The molecule has 0 aliphatic rings. The van der Waals surface area contributed by atoms with Gasteiger partial charge in [-0.1, -0.05) is 6.07 Å². The number of hydrogen-bond donors (Lipinski definition) is 0. The molecule has 0 heterocycles. The molecule has 0 saturated carbocycles. The number of carbonyl (C=O) groups is 1. The third kappa shape index (κ3) is 4.05. The second kappa shape index (κ2) is 7.51. The molecule has 0 aromatic heterocycles. The summed E-state index contributed by atoms with van der Waals surface area (Å²) in [6, 6.07) is 5.72. The number of ether oxygens (including phenoxy) is 3. The molecule has 1 aromatic rings. The van der Waals surface area contributed by atoms with Gasteiger partial charge in [0.15, 0.2) is 11.5 Å². The zero-order valence-electron chi connectivity index (χ0n) is 11.9. The summed E-state index contributed by atoms with van der Waals surface area (Å²) in [5.41, 5.74) is 0.937. The van der Waals surface area contributed by atoms with E-state index in [2.05, 4.69) is 4.74 Å². The van der Waals surface area contributed by atoms with Crippen molar-refractivity contribution in [2.75, 3.05) is 39.8 Å². The number of benzene rings is 1. The van der Waals surface area contributed by atoms with Crippen molar-refractivity contribution >= 4 is 11.7 Å².